The Morgan fingerprint density at radius 1 is 1.34 bits per heavy atom. The fourth-order valence-corrected chi connectivity index (χ4v) is 5.64. The number of halogens is 2. The van der Waals surface area contributed by atoms with Crippen molar-refractivity contribution in [1.82, 2.24) is 14.6 Å². The maximum atomic E-state index is 15.2. The third-order valence-corrected chi connectivity index (χ3v) is 7.41. The van der Waals surface area contributed by atoms with Crippen molar-refractivity contribution in [2.45, 2.75) is 76.9 Å². The van der Waals surface area contributed by atoms with Gasteiger partial charge in [0, 0.05) is 12.1 Å². The normalized spacial score (nSPS) is 28.5. The average molecular weight is 522 g/mol. The van der Waals surface area contributed by atoms with Crippen molar-refractivity contribution in [3.8, 4) is 0 Å². The summed E-state index contributed by atoms with van der Waals surface area (Å²) in [5.74, 6) is -5.88. The molecule has 0 aliphatic carbocycles. The van der Waals surface area contributed by atoms with E-state index in [1.165, 1.54) is 6.07 Å². The van der Waals surface area contributed by atoms with Crippen LogP contribution >= 0.6 is 7.75 Å². The molecular formula is C20H29F2N4O8P. The van der Waals surface area contributed by atoms with E-state index in [1.807, 2.05) is 13.8 Å². The lowest BCUT2D eigenvalue weighted by atomic mass is 9.97. The van der Waals surface area contributed by atoms with Crippen LogP contribution in [0.1, 0.15) is 52.7 Å². The van der Waals surface area contributed by atoms with Crippen molar-refractivity contribution in [3.05, 3.63) is 22.7 Å². The summed E-state index contributed by atoms with van der Waals surface area (Å²) >= 11 is 0. The molecule has 0 spiro atoms. The van der Waals surface area contributed by atoms with Gasteiger partial charge in [-0.3, -0.25) is 23.2 Å². The molecule has 2 fully saturated rings. The number of amides is 1. The summed E-state index contributed by atoms with van der Waals surface area (Å²) in [5.41, 5.74) is -1.10. The fraction of sp³-hybridized carbons (Fsp3) is 0.700. The van der Waals surface area contributed by atoms with Crippen LogP contribution < -0.4 is 16.1 Å². The Kier molecular flexibility index (Phi) is 8.43. The van der Waals surface area contributed by atoms with Crippen molar-refractivity contribution in [2.24, 2.45) is 5.92 Å². The number of rotatable bonds is 10. The number of carbonyl (C=O) groups excluding carboxylic acids is 1. The summed E-state index contributed by atoms with van der Waals surface area (Å²) in [5, 5.41) is 13.6. The van der Waals surface area contributed by atoms with Crippen LogP contribution in [0, 0.1) is 5.92 Å². The van der Waals surface area contributed by atoms with Crippen molar-refractivity contribution >= 4 is 25.4 Å². The average Bonchev–Trinajstić information content (AvgIpc) is 3.03. The monoisotopic (exact) mass is 522 g/mol. The molecule has 3 N–H and O–H groups in total. The molecule has 2 aliphatic rings. The molecule has 1 aromatic heterocycles. The molecule has 1 aromatic rings. The van der Waals surface area contributed by atoms with Gasteiger partial charge in [0.15, 0.2) is 6.10 Å². The summed E-state index contributed by atoms with van der Waals surface area (Å²) in [6, 6.07) is -0.193. The Balaban J connectivity index is 1.76. The lowest BCUT2D eigenvalue weighted by molar-refractivity contribution is -0.139. The quantitative estimate of drug-likeness (QED) is 0.390. The number of hydrogen-bond acceptors (Lipinski definition) is 8. The van der Waals surface area contributed by atoms with Gasteiger partial charge in [0.25, 0.3) is 0 Å². The molecule has 2 aliphatic heterocycles. The second-order valence-corrected chi connectivity index (χ2v) is 10.2. The van der Waals surface area contributed by atoms with E-state index in [2.05, 4.69) is 15.4 Å². The lowest BCUT2D eigenvalue weighted by Crippen LogP contribution is -2.47. The number of nitrogens with one attached hydrogen (secondary N) is 2. The number of carbonyl (C=O) groups is 2. The number of nitrogens with zero attached hydrogens (tertiary/aromatic N) is 2. The van der Waals surface area contributed by atoms with Gasteiger partial charge in [-0.25, -0.2) is 14.4 Å². The number of anilines is 1. The predicted molar refractivity (Wildman–Crippen MR) is 118 cm³/mol. The summed E-state index contributed by atoms with van der Waals surface area (Å²) in [7, 11) is -4.39. The van der Waals surface area contributed by atoms with E-state index in [1.54, 1.807) is 0 Å². The van der Waals surface area contributed by atoms with E-state index in [0.717, 1.165) is 26.0 Å². The third kappa shape index (κ3) is 5.95. The second-order valence-electron chi connectivity index (χ2n) is 8.48. The molecule has 1 amide bonds. The largest absolute Gasteiger partial charge is 0.480 e. The van der Waals surface area contributed by atoms with Crippen LogP contribution in [0.5, 0.6) is 0 Å². The van der Waals surface area contributed by atoms with Gasteiger partial charge < -0.3 is 15.2 Å². The fourth-order valence-electron chi connectivity index (χ4n) is 3.94. The molecule has 1 unspecified atom stereocenters. The molecule has 12 nitrogen and oxygen atoms in total. The Morgan fingerprint density at radius 3 is 2.57 bits per heavy atom. The highest BCUT2D eigenvalue weighted by Gasteiger charge is 2.65. The Bertz CT molecular complexity index is 1050. The summed E-state index contributed by atoms with van der Waals surface area (Å²) in [4.78, 5) is 39.7. The zero-order valence-corrected chi connectivity index (χ0v) is 20.4. The van der Waals surface area contributed by atoms with Gasteiger partial charge >= 0.3 is 25.3 Å². The molecule has 0 bridgehead atoms. The minimum Gasteiger partial charge on any atom is -0.480 e. The first-order valence-electron chi connectivity index (χ1n) is 11.3. The van der Waals surface area contributed by atoms with Crippen LogP contribution in [0.2, 0.25) is 0 Å². The van der Waals surface area contributed by atoms with Crippen molar-refractivity contribution in [1.29, 1.82) is 0 Å². The Hall–Kier alpha value is -2.25. The van der Waals surface area contributed by atoms with Gasteiger partial charge in [-0.15, -0.1) is 0 Å². The van der Waals surface area contributed by atoms with Crippen LogP contribution in [-0.4, -0.2) is 57.3 Å². The molecule has 0 saturated carbocycles. The Morgan fingerprint density at radius 2 is 2.00 bits per heavy atom. The molecule has 35 heavy (non-hydrogen) atoms. The zero-order chi connectivity index (χ0) is 26.0. The van der Waals surface area contributed by atoms with Gasteiger partial charge in [-0.1, -0.05) is 26.7 Å². The molecule has 0 radical (unpaired) electrons. The minimum absolute atomic E-state index is 0.0804. The summed E-state index contributed by atoms with van der Waals surface area (Å²) in [6.07, 6.45) is -1.67. The lowest BCUT2D eigenvalue weighted by Gasteiger charge is -2.33. The maximum Gasteiger partial charge on any atom is 0.406 e. The van der Waals surface area contributed by atoms with Gasteiger partial charge in [0.1, 0.15) is 18.0 Å². The van der Waals surface area contributed by atoms with Crippen LogP contribution in [0.15, 0.2) is 17.1 Å². The van der Waals surface area contributed by atoms with Gasteiger partial charge in [0.2, 0.25) is 12.1 Å². The SMILES string of the molecule is CCCC(CCC)C(=O)Nc1ccn([C@@H]2O[C@@H]3COP(=O)(N[C@H](C)C(=O)O)O[C@H]3C2(F)F)c(=O)n1. The number of fused-ring (bicyclic) bond motifs is 1. The van der Waals surface area contributed by atoms with E-state index >= 15 is 8.78 Å². The molecule has 3 rings (SSSR count). The van der Waals surface area contributed by atoms with Crippen molar-refractivity contribution in [3.63, 3.8) is 0 Å². The highest BCUT2D eigenvalue weighted by molar-refractivity contribution is 7.51. The number of ether oxygens (including phenoxy) is 1. The Labute approximate surface area is 199 Å². The number of aliphatic carboxylic acids is 1. The predicted octanol–water partition coefficient (Wildman–Crippen LogP) is 2.52. The first kappa shape index (κ1) is 27.3. The molecule has 0 aromatic carbocycles. The molecule has 5 atom stereocenters. The molecule has 15 heteroatoms. The van der Waals surface area contributed by atoms with E-state index in [0.29, 0.717) is 17.4 Å². The van der Waals surface area contributed by atoms with E-state index < -0.39 is 56.4 Å². The number of alkyl halides is 2. The first-order valence-corrected chi connectivity index (χ1v) is 12.8. The van der Waals surface area contributed by atoms with Crippen LogP contribution in [0.25, 0.3) is 0 Å². The van der Waals surface area contributed by atoms with Crippen LogP contribution in [0.4, 0.5) is 14.6 Å². The van der Waals surface area contributed by atoms with Crippen LogP contribution in [0.3, 0.4) is 0 Å². The molecular weight excluding hydrogens is 493 g/mol. The number of carboxylic acids is 1. The standard InChI is InChI=1S/C20H29F2N4O8P/c1-4-6-12(7-5-2)16(27)23-14-8-9-26(19(30)24-14)18-20(21,22)15-13(33-18)10-32-35(31,34-15)25-11(3)17(28)29/h8-9,11-13,15,18H,4-7,10H2,1-3H3,(H,25,31)(H,28,29)(H,23,24,27,30)/t11-,13-,15-,18-,35?/m1/s1. The van der Waals surface area contributed by atoms with Gasteiger partial charge in [0.05, 0.1) is 6.61 Å². The highest BCUT2D eigenvalue weighted by Crippen LogP contribution is 2.57. The molecule has 3 heterocycles. The molecule has 2 saturated heterocycles. The van der Waals surface area contributed by atoms with E-state index in [4.69, 9.17) is 18.9 Å². The minimum atomic E-state index is -4.39. The van der Waals surface area contributed by atoms with Crippen molar-refractivity contribution < 1.29 is 41.8 Å². The van der Waals surface area contributed by atoms with Crippen LogP contribution in [-0.2, 0) is 27.9 Å². The summed E-state index contributed by atoms with van der Waals surface area (Å²) in [6.45, 7) is 4.46. The third-order valence-electron chi connectivity index (χ3n) is 5.71. The van der Waals surface area contributed by atoms with E-state index in [9.17, 15) is 18.9 Å². The summed E-state index contributed by atoms with van der Waals surface area (Å²) < 4.78 is 58.9. The van der Waals surface area contributed by atoms with Gasteiger partial charge in [-0.05, 0) is 25.8 Å². The smallest absolute Gasteiger partial charge is 0.406 e. The van der Waals surface area contributed by atoms with E-state index in [-0.39, 0.29) is 17.6 Å². The van der Waals surface area contributed by atoms with Gasteiger partial charge in [-0.2, -0.15) is 13.8 Å². The first-order chi connectivity index (χ1) is 16.4. The zero-order valence-electron chi connectivity index (χ0n) is 19.5. The number of aromatic nitrogens is 2. The highest BCUT2D eigenvalue weighted by atomic mass is 31.2. The second kappa shape index (κ2) is 10.8. The van der Waals surface area contributed by atoms with Crippen molar-refractivity contribution in [2.75, 3.05) is 11.9 Å². The number of carboxylic acid groups (broad SMARTS) is 1. The molecule has 196 valence electrons. The topological polar surface area (TPSA) is 158 Å². The maximum absolute atomic E-state index is 15.2. The number of hydrogen-bond donors (Lipinski definition) is 3.